The minimum Gasteiger partial charge on any atom is -0.367 e. The van der Waals surface area contributed by atoms with Gasteiger partial charge in [-0.1, -0.05) is 12.2 Å². The van der Waals surface area contributed by atoms with E-state index in [9.17, 15) is 0 Å². The smallest absolute Gasteiger partial charge is 0.126 e. The van der Waals surface area contributed by atoms with Gasteiger partial charge in [-0.15, -0.1) is 0 Å². The first-order valence-corrected chi connectivity index (χ1v) is 5.17. The number of aromatic nitrogens is 1. The van der Waals surface area contributed by atoms with Gasteiger partial charge in [-0.3, -0.25) is 0 Å². The number of pyridine rings is 1. The molecular weight excluding hydrogens is 228 g/mol. The summed E-state index contributed by atoms with van der Waals surface area (Å²) in [5.74, 6) is 0.955. The molecule has 2 rings (SSSR count). The van der Waals surface area contributed by atoms with Crippen LogP contribution in [0.3, 0.4) is 0 Å². The molecule has 1 aromatic heterocycles. The van der Waals surface area contributed by atoms with E-state index in [2.05, 4.69) is 38.4 Å². The molecule has 0 unspecified atom stereocenters. The monoisotopic (exact) mass is 238 g/mol. The molecule has 0 radical (unpaired) electrons. The van der Waals surface area contributed by atoms with Crippen molar-refractivity contribution in [1.29, 1.82) is 0 Å². The second-order valence-corrected chi connectivity index (χ2v) is 4.06. The van der Waals surface area contributed by atoms with E-state index in [0.717, 1.165) is 23.1 Å². The number of halogens is 1. The third kappa shape index (κ3) is 2.31. The van der Waals surface area contributed by atoms with Gasteiger partial charge < -0.3 is 5.32 Å². The largest absolute Gasteiger partial charge is 0.367 e. The van der Waals surface area contributed by atoms with E-state index in [1.165, 1.54) is 0 Å². The van der Waals surface area contributed by atoms with Crippen LogP contribution in [-0.4, -0.2) is 11.0 Å². The highest BCUT2D eigenvalue weighted by atomic mass is 79.9. The molecule has 0 bridgehead atoms. The van der Waals surface area contributed by atoms with Crippen molar-refractivity contribution in [3.05, 3.63) is 35.0 Å². The van der Waals surface area contributed by atoms with E-state index in [4.69, 9.17) is 0 Å². The first kappa shape index (κ1) is 8.75. The van der Waals surface area contributed by atoms with Crippen molar-refractivity contribution >= 4 is 21.7 Å². The van der Waals surface area contributed by atoms with Crippen LogP contribution in [0, 0.1) is 0 Å². The van der Waals surface area contributed by atoms with Gasteiger partial charge in [0.1, 0.15) is 5.82 Å². The fraction of sp³-hybridized carbons (Fsp3) is 0.300. The summed E-state index contributed by atoms with van der Waals surface area (Å²) < 4.78 is 1.02. The molecular formula is C10H11BrN2. The molecule has 3 heteroatoms. The number of hydrogen-bond donors (Lipinski definition) is 1. The average Bonchev–Trinajstić information content (AvgIpc) is 2.62. The van der Waals surface area contributed by atoms with E-state index >= 15 is 0 Å². The molecule has 1 aliphatic rings. The summed E-state index contributed by atoms with van der Waals surface area (Å²) in [6.07, 6.45) is 8.44. The first-order valence-electron chi connectivity index (χ1n) is 4.38. The molecule has 0 saturated carbocycles. The first-order chi connectivity index (χ1) is 6.34. The Hall–Kier alpha value is -0.830. The highest BCUT2D eigenvalue weighted by molar-refractivity contribution is 9.10. The third-order valence-electron chi connectivity index (χ3n) is 2.09. The van der Waals surface area contributed by atoms with Gasteiger partial charge in [0.15, 0.2) is 0 Å². The quantitative estimate of drug-likeness (QED) is 0.802. The molecule has 2 nitrogen and oxygen atoms in total. The summed E-state index contributed by atoms with van der Waals surface area (Å²) in [6.45, 7) is 0. The Kier molecular flexibility index (Phi) is 2.64. The maximum absolute atomic E-state index is 4.26. The molecule has 1 aromatic rings. The minimum absolute atomic E-state index is 0.536. The van der Waals surface area contributed by atoms with E-state index < -0.39 is 0 Å². The number of rotatable bonds is 2. The van der Waals surface area contributed by atoms with Gasteiger partial charge in [0.2, 0.25) is 0 Å². The lowest BCUT2D eigenvalue weighted by molar-refractivity contribution is 0.781. The van der Waals surface area contributed by atoms with E-state index in [1.54, 1.807) is 0 Å². The number of nitrogens with one attached hydrogen (secondary N) is 1. The molecule has 68 valence electrons. The van der Waals surface area contributed by atoms with Crippen LogP contribution in [-0.2, 0) is 0 Å². The van der Waals surface area contributed by atoms with E-state index in [-0.39, 0.29) is 0 Å². The Bertz CT molecular complexity index is 297. The standard InChI is InChI=1S/C10H11BrN2/c11-8-5-6-10(12-7-8)13-9-3-1-2-4-9/h1-2,5-7,9H,3-4H2,(H,12,13). The number of anilines is 1. The van der Waals surface area contributed by atoms with Gasteiger partial charge in [0.05, 0.1) is 0 Å². The van der Waals surface area contributed by atoms with Crippen molar-refractivity contribution in [2.24, 2.45) is 0 Å². The van der Waals surface area contributed by atoms with Gasteiger partial charge in [0.25, 0.3) is 0 Å². The Morgan fingerprint density at radius 3 is 2.69 bits per heavy atom. The molecule has 0 atom stereocenters. The lowest BCUT2D eigenvalue weighted by Crippen LogP contribution is -2.15. The molecule has 0 saturated heterocycles. The van der Waals surface area contributed by atoms with Crippen molar-refractivity contribution in [2.45, 2.75) is 18.9 Å². The van der Waals surface area contributed by atoms with Crippen molar-refractivity contribution < 1.29 is 0 Å². The second-order valence-electron chi connectivity index (χ2n) is 3.15. The van der Waals surface area contributed by atoms with Crippen LogP contribution in [0.5, 0.6) is 0 Å². The third-order valence-corrected chi connectivity index (χ3v) is 2.56. The summed E-state index contributed by atoms with van der Waals surface area (Å²) >= 11 is 3.36. The Morgan fingerprint density at radius 1 is 1.31 bits per heavy atom. The van der Waals surface area contributed by atoms with Crippen LogP contribution in [0.15, 0.2) is 35.0 Å². The van der Waals surface area contributed by atoms with Crippen LogP contribution < -0.4 is 5.32 Å². The van der Waals surface area contributed by atoms with Gasteiger partial charge in [-0.25, -0.2) is 4.98 Å². The van der Waals surface area contributed by atoms with Crippen LogP contribution in [0.25, 0.3) is 0 Å². The second kappa shape index (κ2) is 3.92. The highest BCUT2D eigenvalue weighted by Gasteiger charge is 2.09. The lowest BCUT2D eigenvalue weighted by atomic mass is 10.2. The molecule has 0 spiro atoms. The summed E-state index contributed by atoms with van der Waals surface area (Å²) in [5.41, 5.74) is 0. The van der Waals surface area contributed by atoms with Gasteiger partial charge in [-0.2, -0.15) is 0 Å². The summed E-state index contributed by atoms with van der Waals surface area (Å²) in [4.78, 5) is 4.26. The summed E-state index contributed by atoms with van der Waals surface area (Å²) in [6, 6.07) is 4.52. The number of nitrogens with zero attached hydrogens (tertiary/aromatic N) is 1. The zero-order chi connectivity index (χ0) is 9.10. The molecule has 1 heterocycles. The van der Waals surface area contributed by atoms with E-state index in [0.29, 0.717) is 6.04 Å². The van der Waals surface area contributed by atoms with E-state index in [1.807, 2.05) is 18.3 Å². The predicted molar refractivity (Wildman–Crippen MR) is 57.7 cm³/mol. The van der Waals surface area contributed by atoms with Crippen molar-refractivity contribution in [2.75, 3.05) is 5.32 Å². The van der Waals surface area contributed by atoms with Crippen LogP contribution in [0.2, 0.25) is 0 Å². The van der Waals surface area contributed by atoms with Crippen molar-refractivity contribution in [3.63, 3.8) is 0 Å². The van der Waals surface area contributed by atoms with Gasteiger partial charge in [0, 0.05) is 16.7 Å². The fourth-order valence-corrected chi connectivity index (χ4v) is 1.64. The van der Waals surface area contributed by atoms with Crippen molar-refractivity contribution in [1.82, 2.24) is 4.98 Å². The molecule has 13 heavy (non-hydrogen) atoms. The zero-order valence-electron chi connectivity index (χ0n) is 7.20. The molecule has 1 N–H and O–H groups in total. The average molecular weight is 239 g/mol. The maximum Gasteiger partial charge on any atom is 0.126 e. The summed E-state index contributed by atoms with van der Waals surface area (Å²) in [5, 5.41) is 3.37. The topological polar surface area (TPSA) is 24.9 Å². The minimum atomic E-state index is 0.536. The van der Waals surface area contributed by atoms with Gasteiger partial charge >= 0.3 is 0 Å². The molecule has 0 aromatic carbocycles. The number of hydrogen-bond acceptors (Lipinski definition) is 2. The summed E-state index contributed by atoms with van der Waals surface area (Å²) in [7, 11) is 0. The van der Waals surface area contributed by atoms with Gasteiger partial charge in [-0.05, 0) is 40.9 Å². The molecule has 0 aliphatic heterocycles. The van der Waals surface area contributed by atoms with Crippen LogP contribution >= 0.6 is 15.9 Å². The van der Waals surface area contributed by atoms with Crippen LogP contribution in [0.4, 0.5) is 5.82 Å². The molecule has 0 fully saturated rings. The SMILES string of the molecule is Brc1ccc(NC2CC=CC2)nc1. The molecule has 0 amide bonds. The Balaban J connectivity index is 1.97. The fourth-order valence-electron chi connectivity index (χ4n) is 1.41. The van der Waals surface area contributed by atoms with Crippen molar-refractivity contribution in [3.8, 4) is 0 Å². The Morgan fingerprint density at radius 2 is 2.08 bits per heavy atom. The highest BCUT2D eigenvalue weighted by Crippen LogP contribution is 2.16. The maximum atomic E-state index is 4.26. The zero-order valence-corrected chi connectivity index (χ0v) is 8.79. The Labute approximate surface area is 86.2 Å². The lowest BCUT2D eigenvalue weighted by Gasteiger charge is -2.11. The molecule has 1 aliphatic carbocycles. The van der Waals surface area contributed by atoms with Crippen LogP contribution in [0.1, 0.15) is 12.8 Å². The normalized spacial score (nSPS) is 16.4. The predicted octanol–water partition coefficient (Wildman–Crippen LogP) is 2.97.